The second kappa shape index (κ2) is 9.42. The van der Waals surface area contributed by atoms with Gasteiger partial charge >= 0.3 is 6.09 Å². The first kappa shape index (κ1) is 24.9. The number of aromatic nitrogens is 1. The number of carbonyl (C=O) groups excluding carboxylic acids is 1. The van der Waals surface area contributed by atoms with Crippen LogP contribution in [0.4, 0.5) is 4.79 Å². The van der Waals surface area contributed by atoms with Crippen molar-refractivity contribution < 1.29 is 14.6 Å². The van der Waals surface area contributed by atoms with E-state index in [2.05, 4.69) is 24.3 Å². The Labute approximate surface area is 223 Å². The van der Waals surface area contributed by atoms with Crippen molar-refractivity contribution >= 4 is 6.09 Å². The molecule has 3 fully saturated rings. The highest BCUT2D eigenvalue weighted by Crippen LogP contribution is 2.49. The number of pyridine rings is 1. The van der Waals surface area contributed by atoms with E-state index in [1.165, 1.54) is 0 Å². The van der Waals surface area contributed by atoms with E-state index < -0.39 is 11.2 Å². The van der Waals surface area contributed by atoms with E-state index in [0.717, 1.165) is 47.9 Å². The van der Waals surface area contributed by atoms with Gasteiger partial charge in [-0.1, -0.05) is 54.6 Å². The van der Waals surface area contributed by atoms with Crippen molar-refractivity contribution in [2.24, 2.45) is 5.92 Å². The SMILES string of the molecule is CC(C)(O)C[C@]1(c2ccccc2)CCN(C(c2ccc(-c3ccn(C4CC4)c(=O)c3)cc2)C2CC2)C(=O)O1. The summed E-state index contributed by atoms with van der Waals surface area (Å²) in [5, 5.41) is 10.7. The summed E-state index contributed by atoms with van der Waals surface area (Å²) in [5.41, 5.74) is 2.14. The molecular weight excluding hydrogens is 476 g/mol. The molecule has 2 atom stereocenters. The molecule has 1 aromatic heterocycles. The van der Waals surface area contributed by atoms with E-state index in [-0.39, 0.29) is 17.7 Å². The fourth-order valence-electron chi connectivity index (χ4n) is 6.11. The molecular formula is C32H36N2O4. The number of hydrogen-bond donors (Lipinski definition) is 1. The Morgan fingerprint density at radius 2 is 1.68 bits per heavy atom. The molecule has 1 amide bonds. The summed E-state index contributed by atoms with van der Waals surface area (Å²) in [5.74, 6) is 0.411. The fraction of sp³-hybridized carbons (Fsp3) is 0.438. The molecule has 1 aliphatic heterocycles. The van der Waals surface area contributed by atoms with Gasteiger partial charge in [-0.3, -0.25) is 4.79 Å². The summed E-state index contributed by atoms with van der Waals surface area (Å²) in [6.45, 7) is 4.09. The topological polar surface area (TPSA) is 71.8 Å². The van der Waals surface area contributed by atoms with Crippen LogP contribution in [0.25, 0.3) is 11.1 Å². The van der Waals surface area contributed by atoms with E-state index in [1.807, 2.05) is 52.1 Å². The predicted molar refractivity (Wildman–Crippen MR) is 147 cm³/mol. The summed E-state index contributed by atoms with van der Waals surface area (Å²) < 4.78 is 8.09. The third kappa shape index (κ3) is 5.02. The van der Waals surface area contributed by atoms with E-state index in [4.69, 9.17) is 4.74 Å². The van der Waals surface area contributed by atoms with Crippen LogP contribution in [0, 0.1) is 5.92 Å². The van der Waals surface area contributed by atoms with Gasteiger partial charge in [0.25, 0.3) is 5.56 Å². The Kier molecular flexibility index (Phi) is 6.18. The molecule has 0 radical (unpaired) electrons. The van der Waals surface area contributed by atoms with Crippen LogP contribution in [-0.4, -0.2) is 32.8 Å². The largest absolute Gasteiger partial charge is 0.438 e. The molecule has 2 heterocycles. The molecule has 2 saturated carbocycles. The minimum Gasteiger partial charge on any atom is -0.438 e. The minimum absolute atomic E-state index is 0.0460. The maximum atomic E-state index is 13.6. The summed E-state index contributed by atoms with van der Waals surface area (Å²) in [6, 6.07) is 22.2. The number of carbonyl (C=O) groups is 1. The van der Waals surface area contributed by atoms with Crippen molar-refractivity contribution in [1.82, 2.24) is 9.47 Å². The van der Waals surface area contributed by atoms with E-state index in [1.54, 1.807) is 19.9 Å². The maximum Gasteiger partial charge on any atom is 0.411 e. The van der Waals surface area contributed by atoms with Gasteiger partial charge in [0.2, 0.25) is 0 Å². The standard InChI is InChI=1S/C32H36N2O4/c1-31(2,37)21-32(26-6-4-3-5-7-26)17-19-34(30(36)38-32)29(24-12-13-24)23-10-8-22(9-11-23)25-16-18-33(27-14-15-27)28(35)20-25/h3-11,16,18,20,24,27,29,37H,12-15,17,19,21H2,1-2H3/t29?,32-/m0/s1. The van der Waals surface area contributed by atoms with Crippen molar-refractivity contribution in [3.8, 4) is 11.1 Å². The molecule has 38 heavy (non-hydrogen) atoms. The number of rotatable bonds is 8. The Morgan fingerprint density at radius 3 is 2.26 bits per heavy atom. The number of ether oxygens (including phenoxy) is 1. The van der Waals surface area contributed by atoms with Crippen LogP contribution in [0.5, 0.6) is 0 Å². The average molecular weight is 513 g/mol. The lowest BCUT2D eigenvalue weighted by Gasteiger charge is -2.46. The Balaban J connectivity index is 1.24. The molecule has 1 saturated heterocycles. The summed E-state index contributed by atoms with van der Waals surface area (Å²) in [4.78, 5) is 28.0. The summed E-state index contributed by atoms with van der Waals surface area (Å²) >= 11 is 0. The first-order chi connectivity index (χ1) is 18.2. The third-order valence-electron chi connectivity index (χ3n) is 8.17. The van der Waals surface area contributed by atoms with Crippen LogP contribution in [-0.2, 0) is 10.3 Å². The molecule has 1 N–H and O–H groups in total. The molecule has 6 nitrogen and oxygen atoms in total. The Bertz CT molecular complexity index is 1370. The van der Waals surface area contributed by atoms with Crippen LogP contribution >= 0.6 is 0 Å². The molecule has 2 aliphatic carbocycles. The van der Waals surface area contributed by atoms with Crippen molar-refractivity contribution in [2.75, 3.05) is 6.54 Å². The zero-order chi connectivity index (χ0) is 26.5. The van der Waals surface area contributed by atoms with Crippen LogP contribution in [0.1, 0.15) is 75.6 Å². The fourth-order valence-corrected chi connectivity index (χ4v) is 6.11. The van der Waals surface area contributed by atoms with Crippen molar-refractivity contribution in [3.05, 3.63) is 94.4 Å². The van der Waals surface area contributed by atoms with Gasteiger partial charge in [-0.25, -0.2) is 4.79 Å². The molecule has 3 aromatic rings. The van der Waals surface area contributed by atoms with Crippen LogP contribution in [0.2, 0.25) is 0 Å². The second-order valence-electron chi connectivity index (χ2n) is 12.0. The Hall–Kier alpha value is -3.38. The first-order valence-corrected chi connectivity index (χ1v) is 13.8. The van der Waals surface area contributed by atoms with Gasteiger partial charge in [0.15, 0.2) is 0 Å². The Morgan fingerprint density at radius 1 is 0.974 bits per heavy atom. The van der Waals surface area contributed by atoms with Crippen molar-refractivity contribution in [2.45, 2.75) is 75.7 Å². The van der Waals surface area contributed by atoms with Crippen LogP contribution < -0.4 is 5.56 Å². The highest BCUT2D eigenvalue weighted by atomic mass is 16.6. The smallest absolute Gasteiger partial charge is 0.411 e. The number of aliphatic hydroxyl groups is 1. The van der Waals surface area contributed by atoms with Gasteiger partial charge in [0.1, 0.15) is 5.60 Å². The number of cyclic esters (lactones) is 1. The lowest BCUT2D eigenvalue weighted by atomic mass is 9.80. The molecule has 2 aromatic carbocycles. The lowest BCUT2D eigenvalue weighted by molar-refractivity contribution is -0.103. The zero-order valence-corrected chi connectivity index (χ0v) is 22.2. The minimum atomic E-state index is -0.983. The van der Waals surface area contributed by atoms with Crippen LogP contribution in [0.15, 0.2) is 77.7 Å². The molecule has 6 rings (SSSR count). The van der Waals surface area contributed by atoms with Crippen molar-refractivity contribution in [3.63, 3.8) is 0 Å². The van der Waals surface area contributed by atoms with E-state index in [0.29, 0.717) is 31.3 Å². The van der Waals surface area contributed by atoms with Gasteiger partial charge in [-0.05, 0) is 73.8 Å². The molecule has 1 unspecified atom stereocenters. The van der Waals surface area contributed by atoms with E-state index in [9.17, 15) is 14.7 Å². The van der Waals surface area contributed by atoms with Gasteiger partial charge in [0, 0.05) is 37.7 Å². The highest BCUT2D eigenvalue weighted by molar-refractivity contribution is 5.71. The number of nitrogens with zero attached hydrogens (tertiary/aromatic N) is 2. The quantitative estimate of drug-likeness (QED) is 0.390. The monoisotopic (exact) mass is 512 g/mol. The summed E-state index contributed by atoms with van der Waals surface area (Å²) in [6.07, 6.45) is 6.88. The molecule has 0 spiro atoms. The zero-order valence-electron chi connectivity index (χ0n) is 22.2. The highest BCUT2D eigenvalue weighted by Gasteiger charge is 2.49. The molecule has 3 aliphatic rings. The van der Waals surface area contributed by atoms with Gasteiger partial charge in [0.05, 0.1) is 11.6 Å². The predicted octanol–water partition coefficient (Wildman–Crippen LogP) is 6.20. The second-order valence-corrected chi connectivity index (χ2v) is 12.0. The molecule has 198 valence electrons. The van der Waals surface area contributed by atoms with E-state index >= 15 is 0 Å². The van der Waals surface area contributed by atoms with Gasteiger partial charge < -0.3 is 19.3 Å². The molecule has 6 heteroatoms. The number of hydrogen-bond acceptors (Lipinski definition) is 4. The van der Waals surface area contributed by atoms with Gasteiger partial charge in [-0.2, -0.15) is 0 Å². The summed E-state index contributed by atoms with van der Waals surface area (Å²) in [7, 11) is 0. The van der Waals surface area contributed by atoms with Crippen molar-refractivity contribution in [1.29, 1.82) is 0 Å². The van der Waals surface area contributed by atoms with Crippen LogP contribution in [0.3, 0.4) is 0 Å². The molecule has 0 bridgehead atoms. The normalized spacial score (nSPS) is 22.7. The van der Waals surface area contributed by atoms with Gasteiger partial charge in [-0.15, -0.1) is 0 Å². The first-order valence-electron chi connectivity index (χ1n) is 13.8. The lowest BCUT2D eigenvalue weighted by Crippen LogP contribution is -2.51. The maximum absolute atomic E-state index is 13.6. The third-order valence-corrected chi connectivity index (χ3v) is 8.17. The number of benzene rings is 2. The number of amides is 1. The average Bonchev–Trinajstić information content (AvgIpc) is 3.80.